The van der Waals surface area contributed by atoms with Crippen molar-refractivity contribution >= 4 is 5.91 Å². The minimum absolute atomic E-state index is 0.149. The molecule has 1 aliphatic rings. The minimum atomic E-state index is 0.149. The smallest absolute Gasteiger partial charge is 0.220 e. The molecule has 1 amide bonds. The summed E-state index contributed by atoms with van der Waals surface area (Å²) < 4.78 is 0. The number of carbonyl (C=O) groups excluding carboxylic acids is 1. The van der Waals surface area contributed by atoms with Crippen LogP contribution in [0, 0.1) is 0 Å². The van der Waals surface area contributed by atoms with Gasteiger partial charge in [-0.15, -0.1) is 0 Å². The van der Waals surface area contributed by atoms with E-state index in [1.54, 1.807) is 12.4 Å². The van der Waals surface area contributed by atoms with Crippen LogP contribution in [0.4, 0.5) is 0 Å². The summed E-state index contributed by atoms with van der Waals surface area (Å²) in [7, 11) is 0. The second kappa shape index (κ2) is 6.35. The zero-order valence-electron chi connectivity index (χ0n) is 9.98. The Morgan fingerprint density at radius 3 is 3.00 bits per heavy atom. The van der Waals surface area contributed by atoms with Crippen LogP contribution >= 0.6 is 0 Å². The van der Waals surface area contributed by atoms with Gasteiger partial charge in [0.05, 0.1) is 0 Å². The van der Waals surface area contributed by atoms with Crippen LogP contribution in [0.5, 0.6) is 0 Å². The van der Waals surface area contributed by atoms with Crippen molar-refractivity contribution in [1.29, 1.82) is 0 Å². The molecule has 2 heterocycles. The molecule has 1 fully saturated rings. The highest BCUT2D eigenvalue weighted by Crippen LogP contribution is 2.04. The van der Waals surface area contributed by atoms with Crippen LogP contribution in [-0.2, 0) is 11.2 Å². The van der Waals surface area contributed by atoms with Gasteiger partial charge in [0.25, 0.3) is 0 Å². The van der Waals surface area contributed by atoms with Crippen LogP contribution in [0.1, 0.15) is 24.8 Å². The fourth-order valence-corrected chi connectivity index (χ4v) is 2.08. The molecule has 4 heteroatoms. The molecule has 92 valence electrons. The second-order valence-electron chi connectivity index (χ2n) is 4.47. The van der Waals surface area contributed by atoms with E-state index in [4.69, 9.17) is 0 Å². The Balaban J connectivity index is 1.70. The molecule has 0 saturated carbocycles. The van der Waals surface area contributed by atoms with Gasteiger partial charge in [-0.25, -0.2) is 0 Å². The number of nitrogens with one attached hydrogen (secondary N) is 2. The molecule has 0 bridgehead atoms. The largest absolute Gasteiger partial charge is 0.352 e. The van der Waals surface area contributed by atoms with E-state index < -0.39 is 0 Å². The normalized spacial score (nSPS) is 19.9. The Bertz CT molecular complexity index is 347. The number of aryl methyl sites for hydroxylation is 1. The van der Waals surface area contributed by atoms with Crippen molar-refractivity contribution in [1.82, 2.24) is 15.6 Å². The standard InChI is InChI=1S/C13H19N3O/c17-13(16-12-2-1-7-15-10-12)4-3-11-5-8-14-9-6-11/h5-6,8-9,12,15H,1-4,7,10H2,(H,16,17)/t12-/m1/s1. The lowest BCUT2D eigenvalue weighted by molar-refractivity contribution is -0.121. The number of pyridine rings is 1. The van der Waals surface area contributed by atoms with E-state index >= 15 is 0 Å². The Morgan fingerprint density at radius 1 is 1.47 bits per heavy atom. The summed E-state index contributed by atoms with van der Waals surface area (Å²) in [6.45, 7) is 1.98. The summed E-state index contributed by atoms with van der Waals surface area (Å²) in [6.07, 6.45) is 7.11. The Labute approximate surface area is 102 Å². The molecule has 0 spiro atoms. The SMILES string of the molecule is O=C(CCc1ccncc1)N[C@@H]1CCCNC1. The zero-order chi connectivity index (χ0) is 11.9. The number of rotatable bonds is 4. The van der Waals surface area contributed by atoms with Crippen LogP contribution in [0.2, 0.25) is 0 Å². The predicted molar refractivity (Wildman–Crippen MR) is 66.6 cm³/mol. The molecule has 1 atom stereocenters. The Morgan fingerprint density at radius 2 is 2.29 bits per heavy atom. The van der Waals surface area contributed by atoms with Crippen molar-refractivity contribution in [2.45, 2.75) is 31.7 Å². The summed E-state index contributed by atoms with van der Waals surface area (Å²) in [5, 5.41) is 6.36. The molecule has 1 aromatic rings. The maximum atomic E-state index is 11.7. The monoisotopic (exact) mass is 233 g/mol. The van der Waals surface area contributed by atoms with Gasteiger partial charge in [-0.05, 0) is 43.5 Å². The summed E-state index contributed by atoms with van der Waals surface area (Å²) in [5.74, 6) is 0.149. The number of nitrogens with zero attached hydrogens (tertiary/aromatic N) is 1. The van der Waals surface area contributed by atoms with Gasteiger partial charge in [-0.1, -0.05) is 0 Å². The number of carbonyl (C=O) groups is 1. The fraction of sp³-hybridized carbons (Fsp3) is 0.538. The summed E-state index contributed by atoms with van der Waals surface area (Å²) in [5.41, 5.74) is 1.16. The molecular weight excluding hydrogens is 214 g/mol. The molecule has 1 aliphatic heterocycles. The molecule has 0 aliphatic carbocycles. The second-order valence-corrected chi connectivity index (χ2v) is 4.47. The number of piperidine rings is 1. The molecule has 4 nitrogen and oxygen atoms in total. The van der Waals surface area contributed by atoms with E-state index in [9.17, 15) is 4.79 Å². The number of hydrogen-bond acceptors (Lipinski definition) is 3. The van der Waals surface area contributed by atoms with Crippen LogP contribution in [0.3, 0.4) is 0 Å². The highest BCUT2D eigenvalue weighted by Gasteiger charge is 2.14. The molecule has 2 N–H and O–H groups in total. The van der Waals surface area contributed by atoms with Gasteiger partial charge in [0.1, 0.15) is 0 Å². The molecule has 0 aromatic carbocycles. The maximum absolute atomic E-state index is 11.7. The van der Waals surface area contributed by atoms with Gasteiger partial charge in [0.2, 0.25) is 5.91 Å². The highest BCUT2D eigenvalue weighted by atomic mass is 16.1. The number of aromatic nitrogens is 1. The molecule has 2 rings (SSSR count). The molecule has 1 saturated heterocycles. The third kappa shape index (κ3) is 4.15. The zero-order valence-corrected chi connectivity index (χ0v) is 9.98. The van der Waals surface area contributed by atoms with Crippen molar-refractivity contribution in [2.75, 3.05) is 13.1 Å². The van der Waals surface area contributed by atoms with Crippen molar-refractivity contribution < 1.29 is 4.79 Å². The van der Waals surface area contributed by atoms with Gasteiger partial charge >= 0.3 is 0 Å². The lowest BCUT2D eigenvalue weighted by Gasteiger charge is -2.23. The average molecular weight is 233 g/mol. The van der Waals surface area contributed by atoms with Gasteiger partial charge < -0.3 is 10.6 Å². The third-order valence-corrected chi connectivity index (χ3v) is 3.05. The molecule has 17 heavy (non-hydrogen) atoms. The van der Waals surface area contributed by atoms with E-state index in [-0.39, 0.29) is 5.91 Å². The lowest BCUT2D eigenvalue weighted by Crippen LogP contribution is -2.45. The highest BCUT2D eigenvalue weighted by molar-refractivity contribution is 5.76. The van der Waals surface area contributed by atoms with Gasteiger partial charge in [0, 0.05) is 31.4 Å². The van der Waals surface area contributed by atoms with E-state index in [2.05, 4.69) is 15.6 Å². The topological polar surface area (TPSA) is 54.0 Å². The molecule has 0 unspecified atom stereocenters. The van der Waals surface area contributed by atoms with Gasteiger partial charge in [-0.3, -0.25) is 9.78 Å². The summed E-state index contributed by atoms with van der Waals surface area (Å²) in [4.78, 5) is 15.7. The van der Waals surface area contributed by atoms with Gasteiger partial charge in [0.15, 0.2) is 0 Å². The van der Waals surface area contributed by atoms with E-state index in [0.717, 1.165) is 37.9 Å². The summed E-state index contributed by atoms with van der Waals surface area (Å²) >= 11 is 0. The quantitative estimate of drug-likeness (QED) is 0.812. The minimum Gasteiger partial charge on any atom is -0.352 e. The number of hydrogen-bond donors (Lipinski definition) is 2. The van der Waals surface area contributed by atoms with Crippen molar-refractivity contribution in [3.63, 3.8) is 0 Å². The van der Waals surface area contributed by atoms with Crippen LogP contribution in [0.25, 0.3) is 0 Å². The Hall–Kier alpha value is -1.42. The maximum Gasteiger partial charge on any atom is 0.220 e. The van der Waals surface area contributed by atoms with Gasteiger partial charge in [-0.2, -0.15) is 0 Å². The first-order chi connectivity index (χ1) is 8.34. The van der Waals surface area contributed by atoms with Crippen molar-refractivity contribution in [3.05, 3.63) is 30.1 Å². The first-order valence-corrected chi connectivity index (χ1v) is 6.23. The molecule has 1 aromatic heterocycles. The fourth-order valence-electron chi connectivity index (χ4n) is 2.08. The first kappa shape index (κ1) is 12.0. The average Bonchev–Trinajstić information content (AvgIpc) is 2.39. The van der Waals surface area contributed by atoms with E-state index in [1.807, 2.05) is 12.1 Å². The third-order valence-electron chi connectivity index (χ3n) is 3.05. The van der Waals surface area contributed by atoms with Crippen LogP contribution < -0.4 is 10.6 Å². The Kier molecular flexibility index (Phi) is 4.50. The van der Waals surface area contributed by atoms with E-state index in [0.29, 0.717) is 12.5 Å². The van der Waals surface area contributed by atoms with Crippen LogP contribution in [-0.4, -0.2) is 30.0 Å². The molecular formula is C13H19N3O. The predicted octanol–water partition coefficient (Wildman–Crippen LogP) is 0.882. The lowest BCUT2D eigenvalue weighted by atomic mass is 10.1. The molecule has 0 radical (unpaired) electrons. The van der Waals surface area contributed by atoms with Crippen molar-refractivity contribution in [3.8, 4) is 0 Å². The van der Waals surface area contributed by atoms with Crippen molar-refractivity contribution in [2.24, 2.45) is 0 Å². The first-order valence-electron chi connectivity index (χ1n) is 6.23. The van der Waals surface area contributed by atoms with E-state index in [1.165, 1.54) is 0 Å². The summed E-state index contributed by atoms with van der Waals surface area (Å²) in [6, 6.07) is 4.22. The number of amides is 1. The van der Waals surface area contributed by atoms with Crippen LogP contribution in [0.15, 0.2) is 24.5 Å².